The number of ether oxygens (including phenoxy) is 1. The Bertz CT molecular complexity index is 1210. The quantitative estimate of drug-likeness (QED) is 0.560. The number of primary sulfonamides is 1. The van der Waals surface area contributed by atoms with E-state index in [1.54, 1.807) is 18.2 Å². The zero-order valence-corrected chi connectivity index (χ0v) is 17.4. The van der Waals surface area contributed by atoms with Gasteiger partial charge in [-0.05, 0) is 53.4 Å². The average Bonchev–Trinajstić information content (AvgIpc) is 2.72. The van der Waals surface area contributed by atoms with E-state index in [2.05, 4.69) is 5.32 Å². The molecule has 8 heteroatoms. The molecule has 0 fully saturated rings. The molecular weight excluding hydrogens is 404 g/mol. The molecule has 7 nitrogen and oxygen atoms in total. The number of methoxy groups -OCH3 is 1. The lowest BCUT2D eigenvalue weighted by molar-refractivity contribution is 0.102. The third-order valence-corrected chi connectivity index (χ3v) is 5.65. The highest BCUT2D eigenvalue weighted by atomic mass is 32.2. The van der Waals surface area contributed by atoms with Gasteiger partial charge in [0.1, 0.15) is 10.6 Å². The van der Waals surface area contributed by atoms with Crippen molar-refractivity contribution in [1.29, 1.82) is 0 Å². The Morgan fingerprint density at radius 1 is 1.07 bits per heavy atom. The lowest BCUT2D eigenvalue weighted by Gasteiger charge is -2.13. The van der Waals surface area contributed by atoms with Gasteiger partial charge in [0.25, 0.3) is 5.91 Å². The molecular formula is C22H22N2O5S. The maximum absolute atomic E-state index is 12.7. The van der Waals surface area contributed by atoms with Crippen LogP contribution in [0.25, 0.3) is 11.1 Å². The molecule has 0 aliphatic carbocycles. The van der Waals surface area contributed by atoms with Gasteiger partial charge < -0.3 is 15.2 Å². The first-order valence-electron chi connectivity index (χ1n) is 9.06. The summed E-state index contributed by atoms with van der Waals surface area (Å²) >= 11 is 0. The Hall–Kier alpha value is -3.20. The highest BCUT2D eigenvalue weighted by Gasteiger charge is 2.17. The van der Waals surface area contributed by atoms with Crippen molar-refractivity contribution >= 4 is 21.6 Å². The van der Waals surface area contributed by atoms with Crippen LogP contribution in [0.4, 0.5) is 5.69 Å². The molecule has 0 aromatic heterocycles. The van der Waals surface area contributed by atoms with Crippen molar-refractivity contribution < 1.29 is 23.1 Å². The number of anilines is 1. The maximum atomic E-state index is 12.7. The number of nitrogens with one attached hydrogen (secondary N) is 1. The molecule has 0 spiro atoms. The lowest BCUT2D eigenvalue weighted by atomic mass is 9.94. The fraction of sp³-hybridized carbons (Fsp3) is 0.136. The van der Waals surface area contributed by atoms with Gasteiger partial charge in [0, 0.05) is 17.3 Å². The van der Waals surface area contributed by atoms with Crippen LogP contribution < -0.4 is 15.2 Å². The first-order chi connectivity index (χ1) is 14.2. The SMILES string of the molecule is COc1cc(NC(=O)c2ccc(-c3ccccc3C)c(CO)c2)ccc1S(N)(=O)=O. The Morgan fingerprint density at radius 2 is 1.80 bits per heavy atom. The van der Waals surface area contributed by atoms with Gasteiger partial charge in [-0.3, -0.25) is 4.79 Å². The van der Waals surface area contributed by atoms with Gasteiger partial charge in [0.15, 0.2) is 0 Å². The van der Waals surface area contributed by atoms with E-state index in [4.69, 9.17) is 9.88 Å². The van der Waals surface area contributed by atoms with E-state index in [1.807, 2.05) is 31.2 Å². The number of aliphatic hydroxyl groups excluding tert-OH is 1. The summed E-state index contributed by atoms with van der Waals surface area (Å²) in [5.74, 6) is -0.382. The number of nitrogens with two attached hydrogens (primary N) is 1. The van der Waals surface area contributed by atoms with Crippen molar-refractivity contribution in [3.63, 3.8) is 0 Å². The van der Waals surface area contributed by atoms with Gasteiger partial charge in [-0.25, -0.2) is 13.6 Å². The van der Waals surface area contributed by atoms with Crippen LogP contribution in [0.3, 0.4) is 0 Å². The average molecular weight is 426 g/mol. The number of aliphatic hydroxyl groups is 1. The monoisotopic (exact) mass is 426 g/mol. The Balaban J connectivity index is 1.90. The molecule has 0 unspecified atom stereocenters. The van der Waals surface area contributed by atoms with Crippen molar-refractivity contribution in [2.75, 3.05) is 12.4 Å². The normalized spacial score (nSPS) is 11.2. The smallest absolute Gasteiger partial charge is 0.255 e. The van der Waals surface area contributed by atoms with E-state index in [0.717, 1.165) is 16.7 Å². The molecule has 0 radical (unpaired) electrons. The van der Waals surface area contributed by atoms with Gasteiger partial charge in [0.2, 0.25) is 10.0 Å². The summed E-state index contributed by atoms with van der Waals surface area (Å²) in [6.45, 7) is 1.76. The van der Waals surface area contributed by atoms with E-state index < -0.39 is 15.9 Å². The van der Waals surface area contributed by atoms with Crippen LogP contribution in [-0.4, -0.2) is 26.5 Å². The summed E-state index contributed by atoms with van der Waals surface area (Å²) < 4.78 is 28.3. The highest BCUT2D eigenvalue weighted by Crippen LogP contribution is 2.29. The molecule has 3 aromatic rings. The minimum Gasteiger partial charge on any atom is -0.495 e. The van der Waals surface area contributed by atoms with Crippen LogP contribution in [0.1, 0.15) is 21.5 Å². The highest BCUT2D eigenvalue weighted by molar-refractivity contribution is 7.89. The van der Waals surface area contributed by atoms with Crippen molar-refractivity contribution in [2.24, 2.45) is 5.14 Å². The van der Waals surface area contributed by atoms with Crippen LogP contribution in [0, 0.1) is 6.92 Å². The molecule has 0 atom stereocenters. The molecule has 1 amide bonds. The lowest BCUT2D eigenvalue weighted by Crippen LogP contribution is -2.15. The van der Waals surface area contributed by atoms with Crippen LogP contribution in [0.15, 0.2) is 65.6 Å². The second-order valence-electron chi connectivity index (χ2n) is 6.71. The van der Waals surface area contributed by atoms with E-state index >= 15 is 0 Å². The summed E-state index contributed by atoms with van der Waals surface area (Å²) in [7, 11) is -2.64. The van der Waals surface area contributed by atoms with Crippen molar-refractivity contribution in [3.05, 3.63) is 77.4 Å². The molecule has 0 aliphatic heterocycles. The summed E-state index contributed by atoms with van der Waals surface area (Å²) in [6, 6.07) is 17.0. The third kappa shape index (κ3) is 4.51. The number of rotatable bonds is 6. The number of aryl methyl sites for hydroxylation is 1. The first kappa shape index (κ1) is 21.5. The van der Waals surface area contributed by atoms with Gasteiger partial charge in [-0.15, -0.1) is 0 Å². The fourth-order valence-corrected chi connectivity index (χ4v) is 3.87. The standard InChI is InChI=1S/C22H22N2O5S/c1-14-5-3-4-6-18(14)19-9-7-15(11-16(19)13-25)22(26)24-17-8-10-21(30(23,27)28)20(12-17)29-2/h3-12,25H,13H2,1-2H3,(H,24,26)(H2,23,27,28). The van der Waals surface area contributed by atoms with Crippen molar-refractivity contribution in [1.82, 2.24) is 0 Å². The number of sulfonamides is 1. The largest absolute Gasteiger partial charge is 0.495 e. The molecule has 0 heterocycles. The zero-order valence-electron chi connectivity index (χ0n) is 16.5. The van der Waals surface area contributed by atoms with Crippen LogP contribution in [0.2, 0.25) is 0 Å². The van der Waals surface area contributed by atoms with Gasteiger partial charge >= 0.3 is 0 Å². The summed E-state index contributed by atoms with van der Waals surface area (Å²) in [4.78, 5) is 12.5. The predicted molar refractivity (Wildman–Crippen MR) is 115 cm³/mol. The van der Waals surface area contributed by atoms with Gasteiger partial charge in [-0.2, -0.15) is 0 Å². The fourth-order valence-electron chi connectivity index (χ4n) is 3.19. The molecule has 4 N–H and O–H groups in total. The Morgan fingerprint density at radius 3 is 2.43 bits per heavy atom. The van der Waals surface area contributed by atoms with Crippen LogP contribution >= 0.6 is 0 Å². The zero-order chi connectivity index (χ0) is 21.9. The molecule has 156 valence electrons. The molecule has 0 saturated heterocycles. The van der Waals surface area contributed by atoms with E-state index in [1.165, 1.54) is 25.3 Å². The number of hydrogen-bond acceptors (Lipinski definition) is 5. The van der Waals surface area contributed by atoms with Gasteiger partial charge in [-0.1, -0.05) is 30.3 Å². The second-order valence-corrected chi connectivity index (χ2v) is 8.24. The maximum Gasteiger partial charge on any atom is 0.255 e. The molecule has 0 aliphatic rings. The number of hydrogen-bond donors (Lipinski definition) is 3. The summed E-state index contributed by atoms with van der Waals surface area (Å²) in [5, 5.41) is 17.7. The van der Waals surface area contributed by atoms with Crippen LogP contribution in [-0.2, 0) is 16.6 Å². The first-order valence-corrected chi connectivity index (χ1v) is 10.6. The number of benzene rings is 3. The number of carbonyl (C=O) groups excluding carboxylic acids is 1. The summed E-state index contributed by atoms with van der Waals surface area (Å²) in [5.41, 5.74) is 4.22. The Kier molecular flexibility index (Phi) is 6.21. The molecule has 3 aromatic carbocycles. The predicted octanol–water partition coefficient (Wildman–Crippen LogP) is 3.06. The Labute approximate surface area is 175 Å². The second kappa shape index (κ2) is 8.66. The third-order valence-electron chi connectivity index (χ3n) is 4.70. The molecule has 30 heavy (non-hydrogen) atoms. The van der Waals surface area contributed by atoms with E-state index in [9.17, 15) is 18.3 Å². The van der Waals surface area contributed by atoms with Crippen molar-refractivity contribution in [2.45, 2.75) is 18.4 Å². The molecule has 0 bridgehead atoms. The minimum absolute atomic E-state index is 0.0289. The van der Waals surface area contributed by atoms with E-state index in [-0.39, 0.29) is 17.3 Å². The summed E-state index contributed by atoms with van der Waals surface area (Å²) in [6.07, 6.45) is 0. The minimum atomic E-state index is -3.95. The topological polar surface area (TPSA) is 119 Å². The van der Waals surface area contributed by atoms with E-state index in [0.29, 0.717) is 16.8 Å². The van der Waals surface area contributed by atoms with Crippen LogP contribution in [0.5, 0.6) is 5.75 Å². The number of carbonyl (C=O) groups is 1. The number of amides is 1. The van der Waals surface area contributed by atoms with Crippen molar-refractivity contribution in [3.8, 4) is 16.9 Å². The van der Waals surface area contributed by atoms with Gasteiger partial charge in [0.05, 0.1) is 13.7 Å². The molecule has 0 saturated carbocycles. The molecule has 3 rings (SSSR count).